The van der Waals surface area contributed by atoms with E-state index in [0.29, 0.717) is 5.52 Å². The van der Waals surface area contributed by atoms with Crippen LogP contribution >= 0.6 is 11.8 Å². The first-order valence-corrected chi connectivity index (χ1v) is 14.3. The Labute approximate surface area is 238 Å². The normalized spacial score (nSPS) is 24.4. The number of aromatic nitrogens is 2. The van der Waals surface area contributed by atoms with E-state index in [4.69, 9.17) is 4.74 Å². The molecule has 2 aromatic rings. The minimum absolute atomic E-state index is 0.103. The number of allylic oxidation sites excluding steroid dienone is 2. The van der Waals surface area contributed by atoms with E-state index < -0.39 is 42.2 Å². The molecule has 3 unspecified atom stereocenters. The van der Waals surface area contributed by atoms with Crippen molar-refractivity contribution < 1.29 is 31.5 Å². The number of alkyl halides is 5. The number of rotatable bonds is 5. The highest BCUT2D eigenvalue weighted by molar-refractivity contribution is 7.99. The Kier molecular flexibility index (Phi) is 7.73. The van der Waals surface area contributed by atoms with Crippen LogP contribution in [0, 0.1) is 0 Å². The average molecular weight is 599 g/mol. The smallest absolute Gasteiger partial charge is 0.383 e. The summed E-state index contributed by atoms with van der Waals surface area (Å²) in [5, 5.41) is 0.147. The first kappa shape index (κ1) is 29.6. The standard InChI is InChI=1S/C28H31F5N4O3S/c1-5-21(38)36-15(2)11-35(12-16(36)3)25-19-10-20(28(31,32)33)22(17-6-8-27(29,30)9-7-17)24-23(19)37(26(39)34-25)18(13-40-4)14-41-24/h5-6,10,15-16,18H,1,7-9,11-14H2,2-4H3. The number of carbonyl (C=O) groups is 1. The van der Waals surface area contributed by atoms with E-state index in [1.54, 1.807) is 9.80 Å². The molecule has 1 saturated heterocycles. The van der Waals surface area contributed by atoms with Crippen LogP contribution < -0.4 is 10.6 Å². The van der Waals surface area contributed by atoms with Gasteiger partial charge in [-0.2, -0.15) is 18.2 Å². The van der Waals surface area contributed by atoms with Crippen LogP contribution in [0.1, 0.15) is 50.3 Å². The number of ether oxygens (including phenoxy) is 1. The molecule has 0 radical (unpaired) electrons. The van der Waals surface area contributed by atoms with Gasteiger partial charge >= 0.3 is 11.9 Å². The number of nitrogens with zero attached hydrogens (tertiary/aromatic N) is 4. The molecule has 2 aliphatic heterocycles. The Morgan fingerprint density at radius 3 is 2.51 bits per heavy atom. The van der Waals surface area contributed by atoms with Crippen molar-refractivity contribution in [1.82, 2.24) is 14.5 Å². The summed E-state index contributed by atoms with van der Waals surface area (Å²) in [5.41, 5.74) is -1.21. The fourth-order valence-corrected chi connectivity index (χ4v) is 7.58. The predicted molar refractivity (Wildman–Crippen MR) is 148 cm³/mol. The number of methoxy groups -OCH3 is 1. The molecule has 1 amide bonds. The summed E-state index contributed by atoms with van der Waals surface area (Å²) in [5.74, 6) is -2.88. The Bertz CT molecular complexity index is 1480. The van der Waals surface area contributed by atoms with Gasteiger partial charge in [0.25, 0.3) is 5.92 Å². The highest BCUT2D eigenvalue weighted by atomic mass is 32.2. The molecular weight excluding hydrogens is 567 g/mol. The van der Waals surface area contributed by atoms with Gasteiger partial charge in [-0.25, -0.2) is 13.6 Å². The van der Waals surface area contributed by atoms with Crippen molar-refractivity contribution in [2.75, 3.05) is 37.5 Å². The molecule has 3 aliphatic rings. The summed E-state index contributed by atoms with van der Waals surface area (Å²) >= 11 is 1.17. The van der Waals surface area contributed by atoms with Gasteiger partial charge in [0, 0.05) is 66.7 Å². The fourth-order valence-electron chi connectivity index (χ4n) is 6.25. The zero-order valence-corrected chi connectivity index (χ0v) is 23.7. The summed E-state index contributed by atoms with van der Waals surface area (Å²) in [7, 11) is 1.47. The van der Waals surface area contributed by atoms with Gasteiger partial charge < -0.3 is 14.5 Å². The van der Waals surface area contributed by atoms with E-state index in [1.165, 1.54) is 35.6 Å². The molecule has 1 aromatic carbocycles. The molecule has 41 heavy (non-hydrogen) atoms. The van der Waals surface area contributed by atoms with Crippen LogP contribution in [0.4, 0.5) is 27.8 Å². The van der Waals surface area contributed by atoms with Gasteiger partial charge in [-0.3, -0.25) is 9.36 Å². The molecule has 0 spiro atoms. The van der Waals surface area contributed by atoms with E-state index >= 15 is 0 Å². The maximum atomic E-state index is 14.7. The second kappa shape index (κ2) is 10.7. The lowest BCUT2D eigenvalue weighted by atomic mass is 9.87. The highest BCUT2D eigenvalue weighted by Crippen LogP contribution is 2.50. The van der Waals surface area contributed by atoms with Gasteiger partial charge in [-0.05, 0) is 38.0 Å². The Balaban J connectivity index is 1.78. The van der Waals surface area contributed by atoms with Gasteiger partial charge in [-0.1, -0.05) is 12.7 Å². The Morgan fingerprint density at radius 2 is 1.95 bits per heavy atom. The van der Waals surface area contributed by atoms with Gasteiger partial charge in [0.05, 0.1) is 23.7 Å². The van der Waals surface area contributed by atoms with Crippen LogP contribution in [0.2, 0.25) is 0 Å². The number of amides is 1. The molecule has 0 saturated carbocycles. The topological polar surface area (TPSA) is 67.7 Å². The van der Waals surface area contributed by atoms with Crippen molar-refractivity contribution in [2.45, 2.75) is 68.2 Å². The minimum Gasteiger partial charge on any atom is -0.383 e. The van der Waals surface area contributed by atoms with Gasteiger partial charge in [0.1, 0.15) is 5.82 Å². The lowest BCUT2D eigenvalue weighted by Crippen LogP contribution is -2.58. The first-order valence-electron chi connectivity index (χ1n) is 13.4. The molecule has 1 fully saturated rings. The number of hydrogen-bond acceptors (Lipinski definition) is 6. The SMILES string of the molecule is C=CC(=O)N1C(C)CN(c2nc(=O)n3c4c(c(C5=CCC(F)(F)CC5)c(C(F)(F)F)cc24)SCC3COC)CC1C. The Morgan fingerprint density at radius 1 is 1.27 bits per heavy atom. The van der Waals surface area contributed by atoms with E-state index in [-0.39, 0.29) is 77.1 Å². The molecule has 5 rings (SSSR count). The maximum absolute atomic E-state index is 14.7. The average Bonchev–Trinajstić information content (AvgIpc) is 2.89. The van der Waals surface area contributed by atoms with Crippen molar-refractivity contribution >= 4 is 40.0 Å². The number of thioether (sulfide) groups is 1. The monoisotopic (exact) mass is 598 g/mol. The molecular formula is C28H31F5N4O3S. The molecule has 1 aromatic heterocycles. The van der Waals surface area contributed by atoms with E-state index in [1.807, 2.05) is 13.8 Å². The summed E-state index contributed by atoms with van der Waals surface area (Å²) in [4.78, 5) is 34.0. The van der Waals surface area contributed by atoms with Crippen molar-refractivity contribution in [1.29, 1.82) is 0 Å². The number of anilines is 1. The van der Waals surface area contributed by atoms with Crippen molar-refractivity contribution in [3.05, 3.63) is 46.4 Å². The molecule has 0 bridgehead atoms. The van der Waals surface area contributed by atoms with Crippen LogP contribution in [0.25, 0.3) is 16.5 Å². The minimum atomic E-state index is -4.79. The third-order valence-corrected chi connectivity index (χ3v) is 9.21. The van der Waals surface area contributed by atoms with Gasteiger partial charge in [0.2, 0.25) is 5.91 Å². The van der Waals surface area contributed by atoms with Gasteiger partial charge in [0.15, 0.2) is 0 Å². The lowest BCUT2D eigenvalue weighted by molar-refractivity contribution is -0.138. The maximum Gasteiger partial charge on any atom is 0.417 e. The quantitative estimate of drug-likeness (QED) is 0.334. The Hall–Kier alpha value is -2.93. The van der Waals surface area contributed by atoms with Crippen LogP contribution in [-0.4, -0.2) is 70.9 Å². The van der Waals surface area contributed by atoms with E-state index in [9.17, 15) is 31.5 Å². The fraction of sp³-hybridized carbons (Fsp3) is 0.536. The second-order valence-corrected chi connectivity index (χ2v) is 11.9. The van der Waals surface area contributed by atoms with Crippen molar-refractivity contribution in [3.63, 3.8) is 0 Å². The summed E-state index contributed by atoms with van der Waals surface area (Å²) in [6, 6.07) is -0.140. The molecule has 0 N–H and O–H groups in total. The van der Waals surface area contributed by atoms with E-state index in [2.05, 4.69) is 11.6 Å². The second-order valence-electron chi connectivity index (χ2n) is 10.9. The number of carbonyl (C=O) groups excluding carboxylic acids is 1. The summed E-state index contributed by atoms with van der Waals surface area (Å²) < 4.78 is 78.8. The van der Waals surface area contributed by atoms with Crippen molar-refractivity contribution in [2.24, 2.45) is 0 Å². The van der Waals surface area contributed by atoms with E-state index in [0.717, 1.165) is 6.07 Å². The third kappa shape index (κ3) is 5.26. The van der Waals surface area contributed by atoms with Crippen LogP contribution in [0.5, 0.6) is 0 Å². The zero-order chi connectivity index (χ0) is 29.9. The van der Waals surface area contributed by atoms with Crippen LogP contribution in [-0.2, 0) is 15.7 Å². The zero-order valence-electron chi connectivity index (χ0n) is 22.9. The number of piperazine rings is 1. The summed E-state index contributed by atoms with van der Waals surface area (Å²) in [6.07, 6.45) is -3.79. The molecule has 1 aliphatic carbocycles. The predicted octanol–water partition coefficient (Wildman–Crippen LogP) is 5.52. The largest absolute Gasteiger partial charge is 0.417 e. The highest BCUT2D eigenvalue weighted by Gasteiger charge is 2.42. The summed E-state index contributed by atoms with van der Waals surface area (Å²) in [6.45, 7) is 7.81. The number of hydrogen-bond donors (Lipinski definition) is 0. The van der Waals surface area contributed by atoms with Crippen LogP contribution in [0.3, 0.4) is 0 Å². The van der Waals surface area contributed by atoms with Crippen LogP contribution in [0.15, 0.2) is 34.5 Å². The molecule has 3 atom stereocenters. The molecule has 7 nitrogen and oxygen atoms in total. The van der Waals surface area contributed by atoms with Crippen molar-refractivity contribution in [3.8, 4) is 0 Å². The number of benzene rings is 1. The molecule has 3 heterocycles. The third-order valence-electron chi connectivity index (χ3n) is 7.97. The molecule has 222 valence electrons. The van der Waals surface area contributed by atoms with Gasteiger partial charge in [-0.15, -0.1) is 11.8 Å². The lowest BCUT2D eigenvalue weighted by Gasteiger charge is -2.45. The number of halogens is 5. The first-order chi connectivity index (χ1) is 19.3. The molecule has 13 heteroatoms.